The summed E-state index contributed by atoms with van der Waals surface area (Å²) in [7, 11) is 0. The van der Waals surface area contributed by atoms with E-state index in [2.05, 4.69) is 102 Å². The molecule has 0 bridgehead atoms. The van der Waals surface area contributed by atoms with E-state index in [1.165, 1.54) is 5.56 Å². The van der Waals surface area contributed by atoms with Crippen LogP contribution in [0.1, 0.15) is 0 Å². The Morgan fingerprint density at radius 2 is 0.826 bits per heavy atom. The number of fused-ring (bicyclic) bond motifs is 1. The van der Waals surface area contributed by atoms with Crippen LogP contribution in [0.4, 0.5) is 0 Å². The smallest absolute Gasteiger partial charge is 0.164 e. The number of pyridine rings is 2. The predicted molar refractivity (Wildman–Crippen MR) is 186 cm³/mol. The van der Waals surface area contributed by atoms with Crippen molar-refractivity contribution >= 4 is 10.8 Å². The standard InChI is InChI=1S/C41H27N5/c1-3-11-28(12-4-1)29-18-20-31(21-19-29)40-44-39(30-13-5-2-6-14-30)45-41(46-40)36-24-23-35(33-15-7-8-16-34(33)36)38-25-22-32(27-43-38)37-17-9-10-26-42-37/h1-27H. The molecule has 0 aliphatic heterocycles. The summed E-state index contributed by atoms with van der Waals surface area (Å²) in [6.07, 6.45) is 3.68. The van der Waals surface area contributed by atoms with E-state index in [-0.39, 0.29) is 0 Å². The summed E-state index contributed by atoms with van der Waals surface area (Å²) in [6, 6.07) is 51.4. The molecule has 0 fully saturated rings. The molecule has 0 spiro atoms. The summed E-state index contributed by atoms with van der Waals surface area (Å²) in [4.78, 5) is 24.3. The van der Waals surface area contributed by atoms with Gasteiger partial charge in [-0.05, 0) is 52.2 Å². The molecule has 5 aromatic carbocycles. The van der Waals surface area contributed by atoms with E-state index in [1.54, 1.807) is 6.20 Å². The molecular formula is C41H27N5. The van der Waals surface area contributed by atoms with Gasteiger partial charge in [-0.1, -0.05) is 121 Å². The zero-order chi connectivity index (χ0) is 30.7. The second kappa shape index (κ2) is 12.0. The second-order valence-electron chi connectivity index (χ2n) is 11.0. The number of aromatic nitrogens is 5. The maximum atomic E-state index is 5.05. The summed E-state index contributed by atoms with van der Waals surface area (Å²) < 4.78 is 0. The summed E-state index contributed by atoms with van der Waals surface area (Å²) in [6.45, 7) is 0. The van der Waals surface area contributed by atoms with Gasteiger partial charge in [0.25, 0.3) is 0 Å². The van der Waals surface area contributed by atoms with Gasteiger partial charge in [0, 0.05) is 40.2 Å². The van der Waals surface area contributed by atoms with Gasteiger partial charge in [-0.15, -0.1) is 0 Å². The van der Waals surface area contributed by atoms with E-state index in [4.69, 9.17) is 19.9 Å². The third-order valence-electron chi connectivity index (χ3n) is 8.08. The van der Waals surface area contributed by atoms with Gasteiger partial charge >= 0.3 is 0 Å². The third-order valence-corrected chi connectivity index (χ3v) is 8.08. The first-order valence-electron chi connectivity index (χ1n) is 15.2. The van der Waals surface area contributed by atoms with E-state index in [9.17, 15) is 0 Å². The predicted octanol–water partition coefficient (Wildman–Crippen LogP) is 9.82. The number of rotatable bonds is 6. The largest absolute Gasteiger partial charge is 0.256 e. The minimum atomic E-state index is 0.622. The molecule has 5 heteroatoms. The van der Waals surface area contributed by atoms with Crippen LogP contribution in [-0.2, 0) is 0 Å². The Morgan fingerprint density at radius 3 is 1.48 bits per heavy atom. The maximum absolute atomic E-state index is 5.05. The molecule has 0 radical (unpaired) electrons. The molecule has 0 saturated carbocycles. The molecule has 3 aromatic heterocycles. The lowest BCUT2D eigenvalue weighted by Crippen LogP contribution is -2.01. The van der Waals surface area contributed by atoms with Crippen molar-refractivity contribution in [2.75, 3.05) is 0 Å². The van der Waals surface area contributed by atoms with Crippen molar-refractivity contribution in [3.8, 4) is 67.8 Å². The molecular weight excluding hydrogens is 562 g/mol. The highest BCUT2D eigenvalue weighted by molar-refractivity contribution is 6.03. The van der Waals surface area contributed by atoms with Gasteiger partial charge in [0.1, 0.15) is 0 Å². The molecule has 3 heterocycles. The first kappa shape index (κ1) is 27.2. The van der Waals surface area contributed by atoms with Gasteiger partial charge in [-0.25, -0.2) is 15.0 Å². The van der Waals surface area contributed by atoms with Crippen LogP contribution in [0, 0.1) is 0 Å². The lowest BCUT2D eigenvalue weighted by molar-refractivity contribution is 1.08. The van der Waals surface area contributed by atoms with E-state index in [0.717, 1.165) is 55.5 Å². The molecule has 0 aliphatic carbocycles. The molecule has 0 amide bonds. The van der Waals surface area contributed by atoms with Gasteiger partial charge in [0.05, 0.1) is 11.4 Å². The molecule has 0 saturated heterocycles. The Labute approximate surface area is 267 Å². The maximum Gasteiger partial charge on any atom is 0.164 e. The average Bonchev–Trinajstić information content (AvgIpc) is 3.15. The fourth-order valence-corrected chi connectivity index (χ4v) is 5.74. The molecule has 5 nitrogen and oxygen atoms in total. The summed E-state index contributed by atoms with van der Waals surface area (Å²) >= 11 is 0. The van der Waals surface area contributed by atoms with Crippen molar-refractivity contribution < 1.29 is 0 Å². The fourth-order valence-electron chi connectivity index (χ4n) is 5.74. The van der Waals surface area contributed by atoms with Gasteiger partial charge in [-0.3, -0.25) is 9.97 Å². The normalized spacial score (nSPS) is 11.0. The number of hydrogen-bond donors (Lipinski definition) is 0. The van der Waals surface area contributed by atoms with Crippen molar-refractivity contribution in [3.05, 3.63) is 164 Å². The number of hydrogen-bond acceptors (Lipinski definition) is 5. The van der Waals surface area contributed by atoms with E-state index in [0.29, 0.717) is 17.5 Å². The minimum Gasteiger partial charge on any atom is -0.256 e. The molecule has 0 unspecified atom stereocenters. The van der Waals surface area contributed by atoms with E-state index >= 15 is 0 Å². The van der Waals surface area contributed by atoms with Crippen molar-refractivity contribution in [2.24, 2.45) is 0 Å². The van der Waals surface area contributed by atoms with Gasteiger partial charge < -0.3 is 0 Å². The Morgan fingerprint density at radius 1 is 0.304 bits per heavy atom. The van der Waals surface area contributed by atoms with Gasteiger partial charge in [0.2, 0.25) is 0 Å². The van der Waals surface area contributed by atoms with Crippen LogP contribution in [0.15, 0.2) is 164 Å². The molecule has 8 aromatic rings. The molecule has 46 heavy (non-hydrogen) atoms. The third kappa shape index (κ3) is 5.31. The van der Waals surface area contributed by atoms with Crippen molar-refractivity contribution in [2.45, 2.75) is 0 Å². The lowest BCUT2D eigenvalue weighted by atomic mass is 9.96. The van der Waals surface area contributed by atoms with Crippen LogP contribution >= 0.6 is 0 Å². The Balaban J connectivity index is 1.24. The zero-order valence-corrected chi connectivity index (χ0v) is 24.8. The summed E-state index contributed by atoms with van der Waals surface area (Å²) in [5, 5.41) is 2.12. The van der Waals surface area contributed by atoms with Crippen LogP contribution in [0.5, 0.6) is 0 Å². The highest BCUT2D eigenvalue weighted by Gasteiger charge is 2.16. The van der Waals surface area contributed by atoms with Crippen LogP contribution in [0.25, 0.3) is 78.6 Å². The average molecular weight is 590 g/mol. The molecule has 0 N–H and O–H groups in total. The van der Waals surface area contributed by atoms with E-state index < -0.39 is 0 Å². The summed E-state index contributed by atoms with van der Waals surface area (Å²) in [5.41, 5.74) is 8.93. The highest BCUT2D eigenvalue weighted by atomic mass is 15.0. The van der Waals surface area contributed by atoms with Crippen molar-refractivity contribution in [3.63, 3.8) is 0 Å². The summed E-state index contributed by atoms with van der Waals surface area (Å²) in [5.74, 6) is 1.88. The first-order chi connectivity index (χ1) is 22.8. The monoisotopic (exact) mass is 589 g/mol. The number of benzene rings is 5. The van der Waals surface area contributed by atoms with Crippen molar-refractivity contribution in [1.29, 1.82) is 0 Å². The molecule has 8 rings (SSSR count). The Bertz CT molecular complexity index is 2270. The SMILES string of the molecule is c1ccc(-c2ccc(-c3nc(-c4ccccc4)nc(-c4ccc(-c5ccc(-c6ccccn6)cn5)c5ccccc45)n3)cc2)cc1. The van der Waals surface area contributed by atoms with Crippen LogP contribution < -0.4 is 0 Å². The zero-order valence-electron chi connectivity index (χ0n) is 24.8. The van der Waals surface area contributed by atoms with E-state index in [1.807, 2.05) is 60.8 Å². The van der Waals surface area contributed by atoms with Gasteiger partial charge in [-0.2, -0.15) is 0 Å². The number of nitrogens with zero attached hydrogens (tertiary/aromatic N) is 5. The topological polar surface area (TPSA) is 64.5 Å². The highest BCUT2D eigenvalue weighted by Crippen LogP contribution is 2.35. The van der Waals surface area contributed by atoms with Crippen molar-refractivity contribution in [1.82, 2.24) is 24.9 Å². The quantitative estimate of drug-likeness (QED) is 0.193. The lowest BCUT2D eigenvalue weighted by Gasteiger charge is -2.13. The molecule has 0 atom stereocenters. The fraction of sp³-hybridized carbons (Fsp3) is 0. The van der Waals surface area contributed by atoms with Crippen LogP contribution in [0.3, 0.4) is 0 Å². The van der Waals surface area contributed by atoms with Crippen LogP contribution in [-0.4, -0.2) is 24.9 Å². The second-order valence-corrected chi connectivity index (χ2v) is 11.0. The van der Waals surface area contributed by atoms with Gasteiger partial charge in [0.15, 0.2) is 17.5 Å². The molecule has 216 valence electrons. The Kier molecular flexibility index (Phi) is 7.09. The Hall–Kier alpha value is -6.33. The molecule has 0 aliphatic rings. The minimum absolute atomic E-state index is 0.622. The van der Waals surface area contributed by atoms with Crippen LogP contribution in [0.2, 0.25) is 0 Å². The first-order valence-corrected chi connectivity index (χ1v) is 15.2.